The average molecular weight is 258 g/mol. The Hall–Kier alpha value is -0.800. The molecule has 4 heteroatoms. The van der Waals surface area contributed by atoms with Crippen molar-refractivity contribution in [1.29, 1.82) is 0 Å². The Morgan fingerprint density at radius 2 is 1.94 bits per heavy atom. The number of rotatable bonds is 2. The maximum absolute atomic E-state index is 13.7. The summed E-state index contributed by atoms with van der Waals surface area (Å²) in [6.07, 6.45) is 5.15. The molecule has 0 bridgehead atoms. The van der Waals surface area contributed by atoms with Crippen LogP contribution in [0.1, 0.15) is 37.7 Å². The van der Waals surface area contributed by atoms with E-state index in [2.05, 4.69) is 0 Å². The van der Waals surface area contributed by atoms with Gasteiger partial charge in [-0.15, -0.1) is 0 Å². The van der Waals surface area contributed by atoms with Gasteiger partial charge in [0.2, 0.25) is 0 Å². The van der Waals surface area contributed by atoms with Crippen LogP contribution in [0.3, 0.4) is 0 Å². The van der Waals surface area contributed by atoms with Crippen LogP contribution in [0.4, 0.5) is 4.39 Å². The molecule has 0 heterocycles. The maximum atomic E-state index is 13.7. The van der Waals surface area contributed by atoms with Crippen LogP contribution in [0.2, 0.25) is 5.02 Å². The standard InChI is InChI=1S/C13H17ClFNO/c1-17-11-8-9(7-10(15)12(11)14)13(16)5-3-2-4-6-13/h7-8H,2-6,16H2,1H3. The second-order valence-electron chi connectivity index (χ2n) is 4.69. The summed E-state index contributed by atoms with van der Waals surface area (Å²) in [5.74, 6) is -0.103. The number of benzene rings is 1. The van der Waals surface area contributed by atoms with Gasteiger partial charge in [-0.05, 0) is 30.5 Å². The molecule has 0 radical (unpaired) electrons. The summed E-state index contributed by atoms with van der Waals surface area (Å²) in [5.41, 5.74) is 6.71. The van der Waals surface area contributed by atoms with E-state index >= 15 is 0 Å². The highest BCUT2D eigenvalue weighted by molar-refractivity contribution is 6.32. The summed E-state index contributed by atoms with van der Waals surface area (Å²) in [7, 11) is 1.48. The van der Waals surface area contributed by atoms with Crippen molar-refractivity contribution in [1.82, 2.24) is 0 Å². The van der Waals surface area contributed by atoms with Gasteiger partial charge in [0.25, 0.3) is 0 Å². The molecule has 2 rings (SSSR count). The van der Waals surface area contributed by atoms with Crippen LogP contribution >= 0.6 is 11.6 Å². The first-order valence-corrected chi connectivity index (χ1v) is 6.27. The zero-order valence-corrected chi connectivity index (χ0v) is 10.7. The first kappa shape index (κ1) is 12.7. The molecular weight excluding hydrogens is 241 g/mol. The third-order valence-electron chi connectivity index (χ3n) is 3.54. The normalized spacial score (nSPS) is 19.1. The van der Waals surface area contributed by atoms with Crippen LogP contribution in [-0.2, 0) is 5.54 Å². The third kappa shape index (κ3) is 2.40. The van der Waals surface area contributed by atoms with E-state index in [0.29, 0.717) is 5.75 Å². The Morgan fingerprint density at radius 3 is 2.53 bits per heavy atom. The molecule has 2 N–H and O–H groups in total. The van der Waals surface area contributed by atoms with Gasteiger partial charge in [0, 0.05) is 5.54 Å². The summed E-state index contributed by atoms with van der Waals surface area (Å²) < 4.78 is 18.8. The van der Waals surface area contributed by atoms with Gasteiger partial charge in [0.1, 0.15) is 16.6 Å². The van der Waals surface area contributed by atoms with Crippen molar-refractivity contribution in [2.45, 2.75) is 37.6 Å². The zero-order valence-electron chi connectivity index (χ0n) is 9.93. The number of hydrogen-bond acceptors (Lipinski definition) is 2. The molecule has 17 heavy (non-hydrogen) atoms. The van der Waals surface area contributed by atoms with Crippen LogP contribution in [0, 0.1) is 5.82 Å². The second-order valence-corrected chi connectivity index (χ2v) is 5.07. The van der Waals surface area contributed by atoms with Gasteiger partial charge in [0.05, 0.1) is 7.11 Å². The Bertz CT molecular complexity index is 416. The van der Waals surface area contributed by atoms with E-state index in [1.807, 2.05) is 0 Å². The smallest absolute Gasteiger partial charge is 0.145 e. The van der Waals surface area contributed by atoms with Crippen molar-refractivity contribution in [3.05, 3.63) is 28.5 Å². The summed E-state index contributed by atoms with van der Waals surface area (Å²) in [6.45, 7) is 0. The molecule has 0 aliphatic heterocycles. The summed E-state index contributed by atoms with van der Waals surface area (Å²) in [6, 6.07) is 3.20. The fourth-order valence-electron chi connectivity index (χ4n) is 2.47. The molecule has 1 saturated carbocycles. The molecule has 0 atom stereocenters. The predicted octanol–water partition coefficient (Wildman–Crippen LogP) is 3.61. The highest BCUT2D eigenvalue weighted by Crippen LogP contribution is 2.38. The first-order valence-electron chi connectivity index (χ1n) is 5.89. The van der Waals surface area contributed by atoms with Crippen LogP contribution in [0.5, 0.6) is 5.75 Å². The number of hydrogen-bond donors (Lipinski definition) is 1. The largest absolute Gasteiger partial charge is 0.495 e. The van der Waals surface area contributed by atoms with Crippen LogP contribution < -0.4 is 10.5 Å². The van der Waals surface area contributed by atoms with E-state index in [0.717, 1.165) is 31.2 Å². The fraction of sp³-hybridized carbons (Fsp3) is 0.538. The Labute approximate surface area is 106 Å². The molecule has 0 saturated heterocycles. The number of halogens is 2. The first-order chi connectivity index (χ1) is 8.07. The minimum absolute atomic E-state index is 0.0238. The average Bonchev–Trinajstić information content (AvgIpc) is 2.33. The highest BCUT2D eigenvalue weighted by Gasteiger charge is 2.30. The van der Waals surface area contributed by atoms with E-state index in [1.54, 1.807) is 6.07 Å². The molecule has 0 amide bonds. The maximum Gasteiger partial charge on any atom is 0.145 e. The topological polar surface area (TPSA) is 35.2 Å². The molecule has 1 aromatic carbocycles. The number of methoxy groups -OCH3 is 1. The summed E-state index contributed by atoms with van der Waals surface area (Å²) in [4.78, 5) is 0. The fourth-order valence-corrected chi connectivity index (χ4v) is 2.66. The van der Waals surface area contributed by atoms with Crippen molar-refractivity contribution in [3.8, 4) is 5.75 Å². The van der Waals surface area contributed by atoms with Crippen LogP contribution in [-0.4, -0.2) is 7.11 Å². The minimum atomic E-state index is -0.462. The molecule has 2 nitrogen and oxygen atoms in total. The monoisotopic (exact) mass is 257 g/mol. The zero-order chi connectivity index (χ0) is 12.5. The predicted molar refractivity (Wildman–Crippen MR) is 66.9 cm³/mol. The van der Waals surface area contributed by atoms with Crippen molar-refractivity contribution in [3.63, 3.8) is 0 Å². The van der Waals surface area contributed by atoms with Gasteiger partial charge in [-0.3, -0.25) is 0 Å². The van der Waals surface area contributed by atoms with E-state index in [4.69, 9.17) is 22.1 Å². The van der Waals surface area contributed by atoms with E-state index in [1.165, 1.54) is 19.6 Å². The number of nitrogens with two attached hydrogens (primary N) is 1. The lowest BCUT2D eigenvalue weighted by molar-refractivity contribution is 0.299. The lowest BCUT2D eigenvalue weighted by Crippen LogP contribution is -2.38. The Balaban J connectivity index is 2.41. The molecule has 0 aromatic heterocycles. The van der Waals surface area contributed by atoms with Gasteiger partial charge in [-0.1, -0.05) is 30.9 Å². The Morgan fingerprint density at radius 1 is 1.29 bits per heavy atom. The van der Waals surface area contributed by atoms with Crippen molar-refractivity contribution < 1.29 is 9.13 Å². The molecule has 1 aliphatic rings. The molecule has 1 fully saturated rings. The molecule has 0 spiro atoms. The van der Waals surface area contributed by atoms with Crippen LogP contribution in [0.25, 0.3) is 0 Å². The molecule has 1 aliphatic carbocycles. The summed E-state index contributed by atoms with van der Waals surface area (Å²) >= 11 is 5.81. The van der Waals surface area contributed by atoms with Crippen molar-refractivity contribution in [2.24, 2.45) is 5.73 Å². The van der Waals surface area contributed by atoms with Gasteiger partial charge in [0.15, 0.2) is 0 Å². The van der Waals surface area contributed by atoms with Gasteiger partial charge in [-0.2, -0.15) is 0 Å². The molecule has 0 unspecified atom stereocenters. The van der Waals surface area contributed by atoms with Crippen molar-refractivity contribution >= 4 is 11.6 Å². The van der Waals surface area contributed by atoms with E-state index < -0.39 is 11.4 Å². The highest BCUT2D eigenvalue weighted by atomic mass is 35.5. The summed E-state index contributed by atoms with van der Waals surface area (Å²) in [5, 5.41) is 0.0238. The SMILES string of the molecule is COc1cc(C2(N)CCCCC2)cc(F)c1Cl. The lowest BCUT2D eigenvalue weighted by atomic mass is 9.77. The minimum Gasteiger partial charge on any atom is -0.495 e. The van der Waals surface area contributed by atoms with Crippen LogP contribution in [0.15, 0.2) is 12.1 Å². The Kier molecular flexibility index (Phi) is 3.59. The molecular formula is C13H17ClFNO. The van der Waals surface area contributed by atoms with Gasteiger partial charge in [-0.25, -0.2) is 4.39 Å². The van der Waals surface area contributed by atoms with Crippen molar-refractivity contribution in [2.75, 3.05) is 7.11 Å². The lowest BCUT2D eigenvalue weighted by Gasteiger charge is -2.34. The third-order valence-corrected chi connectivity index (χ3v) is 3.90. The van der Waals surface area contributed by atoms with Gasteiger partial charge < -0.3 is 10.5 Å². The second kappa shape index (κ2) is 4.83. The van der Waals surface area contributed by atoms with E-state index in [-0.39, 0.29) is 5.02 Å². The quantitative estimate of drug-likeness (QED) is 0.879. The molecule has 1 aromatic rings. The van der Waals surface area contributed by atoms with E-state index in [9.17, 15) is 4.39 Å². The van der Waals surface area contributed by atoms with Gasteiger partial charge >= 0.3 is 0 Å². The molecule has 94 valence electrons. The number of ether oxygens (including phenoxy) is 1.